The first-order valence-electron chi connectivity index (χ1n) is 7.36. The number of benzene rings is 1. The van der Waals surface area contributed by atoms with Crippen molar-refractivity contribution in [1.82, 2.24) is 9.80 Å². The number of nitrogens with two attached hydrogens (primary N) is 1. The number of rotatable bonds is 5. The van der Waals surface area contributed by atoms with E-state index in [4.69, 9.17) is 5.73 Å². The predicted octanol–water partition coefficient (Wildman–Crippen LogP) is 1.96. The molecule has 0 aromatic heterocycles. The van der Waals surface area contributed by atoms with Gasteiger partial charge in [-0.1, -0.05) is 30.3 Å². The van der Waals surface area contributed by atoms with Crippen LogP contribution in [0.15, 0.2) is 30.3 Å². The van der Waals surface area contributed by atoms with Crippen LogP contribution in [-0.2, 0) is 0 Å². The minimum absolute atomic E-state index is 0.543. The van der Waals surface area contributed by atoms with Gasteiger partial charge in [0.15, 0.2) is 0 Å². The molecule has 1 heterocycles. The van der Waals surface area contributed by atoms with E-state index in [1.807, 2.05) is 0 Å². The molecule has 1 unspecified atom stereocenters. The van der Waals surface area contributed by atoms with Gasteiger partial charge < -0.3 is 15.5 Å². The molecule has 1 atom stereocenters. The molecule has 1 aromatic rings. The van der Waals surface area contributed by atoms with Crippen LogP contribution in [0.2, 0.25) is 0 Å². The Morgan fingerprint density at radius 1 is 1.21 bits per heavy atom. The van der Waals surface area contributed by atoms with Crippen molar-refractivity contribution in [3.8, 4) is 0 Å². The zero-order chi connectivity index (χ0) is 13.7. The fourth-order valence-electron chi connectivity index (χ4n) is 3.32. The maximum absolute atomic E-state index is 5.64. The lowest BCUT2D eigenvalue weighted by Gasteiger charge is -2.39. The normalized spacial score (nSPS) is 19.8. The van der Waals surface area contributed by atoms with Crippen LogP contribution < -0.4 is 5.73 Å². The first kappa shape index (κ1) is 14.5. The molecule has 1 saturated heterocycles. The van der Waals surface area contributed by atoms with Gasteiger partial charge in [0.05, 0.1) is 0 Å². The monoisotopic (exact) mass is 261 g/mol. The van der Waals surface area contributed by atoms with Crippen LogP contribution in [0.5, 0.6) is 0 Å². The van der Waals surface area contributed by atoms with E-state index in [9.17, 15) is 0 Å². The summed E-state index contributed by atoms with van der Waals surface area (Å²) in [5, 5.41) is 0. The average molecular weight is 261 g/mol. The first-order chi connectivity index (χ1) is 9.22. The summed E-state index contributed by atoms with van der Waals surface area (Å²) in [6.45, 7) is 4.21. The summed E-state index contributed by atoms with van der Waals surface area (Å²) in [7, 11) is 4.40. The topological polar surface area (TPSA) is 32.5 Å². The third-order valence-electron chi connectivity index (χ3n) is 4.22. The average Bonchev–Trinajstić information content (AvgIpc) is 2.42. The Hall–Kier alpha value is -0.900. The molecule has 0 radical (unpaired) electrons. The highest BCUT2D eigenvalue weighted by Crippen LogP contribution is 2.33. The lowest BCUT2D eigenvalue weighted by atomic mass is 9.84. The van der Waals surface area contributed by atoms with E-state index in [1.54, 1.807) is 0 Å². The smallest absolute Gasteiger partial charge is 0.0371 e. The fourth-order valence-corrected chi connectivity index (χ4v) is 3.32. The highest BCUT2D eigenvalue weighted by molar-refractivity contribution is 5.20. The minimum Gasteiger partial charge on any atom is -0.329 e. The summed E-state index contributed by atoms with van der Waals surface area (Å²) in [6, 6.07) is 11.5. The summed E-state index contributed by atoms with van der Waals surface area (Å²) in [5.74, 6) is 0.756. The van der Waals surface area contributed by atoms with E-state index in [1.165, 1.54) is 31.5 Å². The van der Waals surface area contributed by atoms with Crippen molar-refractivity contribution in [3.63, 3.8) is 0 Å². The predicted molar refractivity (Wildman–Crippen MR) is 81.1 cm³/mol. The van der Waals surface area contributed by atoms with Gasteiger partial charge in [0.2, 0.25) is 0 Å². The largest absolute Gasteiger partial charge is 0.329 e. The number of piperidine rings is 1. The lowest BCUT2D eigenvalue weighted by Crippen LogP contribution is -2.40. The maximum atomic E-state index is 5.64. The van der Waals surface area contributed by atoms with Crippen molar-refractivity contribution >= 4 is 0 Å². The van der Waals surface area contributed by atoms with Gasteiger partial charge in [0, 0.05) is 19.1 Å². The van der Waals surface area contributed by atoms with Gasteiger partial charge >= 0.3 is 0 Å². The second kappa shape index (κ2) is 7.04. The molecule has 2 N–H and O–H groups in total. The molecular formula is C16H27N3. The van der Waals surface area contributed by atoms with Crippen LogP contribution in [0.3, 0.4) is 0 Å². The number of hydrogen-bond donors (Lipinski definition) is 1. The number of nitrogens with zero attached hydrogens (tertiary/aromatic N) is 2. The highest BCUT2D eigenvalue weighted by atomic mass is 15.1. The standard InChI is InChI=1S/C16H27N3/c1-18(2)16(14-6-4-3-5-7-14)15-8-11-19(12-9-15)13-10-17/h3-7,15-16H,8-13,17H2,1-2H3. The Bertz CT molecular complexity index is 356. The SMILES string of the molecule is CN(C)C(c1ccccc1)C1CCN(CCN)CC1. The molecule has 0 aliphatic carbocycles. The van der Waals surface area contributed by atoms with Crippen LogP contribution in [0.1, 0.15) is 24.4 Å². The third kappa shape index (κ3) is 3.78. The quantitative estimate of drug-likeness (QED) is 0.879. The number of likely N-dealkylation sites (tertiary alicyclic amines) is 1. The molecular weight excluding hydrogens is 234 g/mol. The highest BCUT2D eigenvalue weighted by Gasteiger charge is 2.28. The minimum atomic E-state index is 0.543. The van der Waals surface area contributed by atoms with Crippen LogP contribution in [0.4, 0.5) is 0 Å². The van der Waals surface area contributed by atoms with E-state index in [0.29, 0.717) is 6.04 Å². The van der Waals surface area contributed by atoms with E-state index >= 15 is 0 Å². The van der Waals surface area contributed by atoms with Crippen LogP contribution >= 0.6 is 0 Å². The molecule has 1 aliphatic rings. The Morgan fingerprint density at radius 3 is 2.37 bits per heavy atom. The van der Waals surface area contributed by atoms with Crippen LogP contribution in [0, 0.1) is 5.92 Å². The molecule has 19 heavy (non-hydrogen) atoms. The van der Waals surface area contributed by atoms with E-state index in [-0.39, 0.29) is 0 Å². The van der Waals surface area contributed by atoms with Crippen molar-refractivity contribution < 1.29 is 0 Å². The van der Waals surface area contributed by atoms with Gasteiger partial charge in [0.1, 0.15) is 0 Å². The molecule has 1 aromatic carbocycles. The van der Waals surface area contributed by atoms with E-state index < -0.39 is 0 Å². The van der Waals surface area contributed by atoms with Crippen LogP contribution in [0.25, 0.3) is 0 Å². The summed E-state index contributed by atoms with van der Waals surface area (Å²) < 4.78 is 0. The van der Waals surface area contributed by atoms with Gasteiger partial charge in [0.25, 0.3) is 0 Å². The van der Waals surface area contributed by atoms with Crippen molar-refractivity contribution in [1.29, 1.82) is 0 Å². The second-order valence-electron chi connectivity index (χ2n) is 5.79. The lowest BCUT2D eigenvalue weighted by molar-refractivity contribution is 0.119. The zero-order valence-electron chi connectivity index (χ0n) is 12.3. The molecule has 106 valence electrons. The Morgan fingerprint density at radius 2 is 1.84 bits per heavy atom. The molecule has 1 aliphatic heterocycles. The van der Waals surface area contributed by atoms with Gasteiger partial charge in [-0.05, 0) is 51.5 Å². The summed E-state index contributed by atoms with van der Waals surface area (Å²) in [4.78, 5) is 4.87. The zero-order valence-corrected chi connectivity index (χ0v) is 12.3. The van der Waals surface area contributed by atoms with Crippen LogP contribution in [-0.4, -0.2) is 50.1 Å². The summed E-state index contributed by atoms with van der Waals surface area (Å²) in [5.41, 5.74) is 7.09. The fraction of sp³-hybridized carbons (Fsp3) is 0.625. The summed E-state index contributed by atoms with van der Waals surface area (Å²) in [6.07, 6.45) is 2.55. The first-order valence-corrected chi connectivity index (χ1v) is 7.36. The Balaban J connectivity index is 2.02. The molecule has 3 heteroatoms. The van der Waals surface area contributed by atoms with Crippen molar-refractivity contribution in [2.75, 3.05) is 40.3 Å². The molecule has 0 spiro atoms. The maximum Gasteiger partial charge on any atom is 0.0371 e. The van der Waals surface area contributed by atoms with Crippen molar-refractivity contribution in [2.45, 2.75) is 18.9 Å². The van der Waals surface area contributed by atoms with Gasteiger partial charge in [-0.3, -0.25) is 0 Å². The van der Waals surface area contributed by atoms with Gasteiger partial charge in [-0.15, -0.1) is 0 Å². The van der Waals surface area contributed by atoms with E-state index in [0.717, 1.165) is 19.0 Å². The van der Waals surface area contributed by atoms with Gasteiger partial charge in [-0.25, -0.2) is 0 Å². The molecule has 0 saturated carbocycles. The molecule has 3 nitrogen and oxygen atoms in total. The van der Waals surface area contributed by atoms with E-state index in [2.05, 4.69) is 54.2 Å². The molecule has 0 amide bonds. The Labute approximate surface area is 117 Å². The number of hydrogen-bond acceptors (Lipinski definition) is 3. The van der Waals surface area contributed by atoms with Crippen molar-refractivity contribution in [3.05, 3.63) is 35.9 Å². The summed E-state index contributed by atoms with van der Waals surface area (Å²) >= 11 is 0. The molecule has 0 bridgehead atoms. The third-order valence-corrected chi connectivity index (χ3v) is 4.22. The van der Waals surface area contributed by atoms with Crippen molar-refractivity contribution in [2.24, 2.45) is 11.7 Å². The molecule has 2 rings (SSSR count). The second-order valence-corrected chi connectivity index (χ2v) is 5.79. The van der Waals surface area contributed by atoms with Gasteiger partial charge in [-0.2, -0.15) is 0 Å². The Kier molecular flexibility index (Phi) is 5.37. The molecule has 1 fully saturated rings.